The molecular weight excluding hydrogens is 531 g/mol. The molecular formula is C20H27N6O9PS. The second-order valence-electron chi connectivity index (χ2n) is 8.16. The number of amides is 2. The fraction of sp³-hybridized carbons (Fsp3) is 0.450. The number of pyridine rings is 1. The van der Waals surface area contributed by atoms with Gasteiger partial charge in [-0.05, 0) is 27.7 Å². The van der Waals surface area contributed by atoms with Crippen molar-refractivity contribution in [2.24, 2.45) is 5.16 Å². The van der Waals surface area contributed by atoms with Gasteiger partial charge in [0.1, 0.15) is 17.4 Å². The first-order valence-corrected chi connectivity index (χ1v) is 13.3. The number of aromatic nitrogens is 2. The molecule has 2 aromatic heterocycles. The molecule has 15 nitrogen and oxygen atoms in total. The Morgan fingerprint density at radius 2 is 1.97 bits per heavy atom. The number of anilines is 1. The lowest BCUT2D eigenvalue weighted by Gasteiger charge is -2.54. The van der Waals surface area contributed by atoms with Crippen molar-refractivity contribution >= 4 is 41.7 Å². The fourth-order valence-electron chi connectivity index (χ4n) is 3.54. The molecule has 0 saturated carbocycles. The van der Waals surface area contributed by atoms with E-state index in [-0.39, 0.29) is 35.4 Å². The van der Waals surface area contributed by atoms with Gasteiger partial charge in [0.15, 0.2) is 23.2 Å². The monoisotopic (exact) mass is 558 g/mol. The topological polar surface area (TPSA) is 208 Å². The molecule has 37 heavy (non-hydrogen) atoms. The molecule has 5 N–H and O–H groups in total. The number of hydrogen-bond acceptors (Lipinski definition) is 13. The van der Waals surface area contributed by atoms with Gasteiger partial charge in [-0.15, -0.1) is 11.3 Å². The molecule has 1 atom stereocenters. The maximum absolute atomic E-state index is 13.2. The number of nitrogens with zero attached hydrogens (tertiary/aromatic N) is 4. The highest BCUT2D eigenvalue weighted by Gasteiger charge is 2.63. The second-order valence-corrected chi connectivity index (χ2v) is 10.9. The summed E-state index contributed by atoms with van der Waals surface area (Å²) in [6, 6.07) is -0.194. The van der Waals surface area contributed by atoms with Crippen molar-refractivity contribution in [2.45, 2.75) is 45.9 Å². The van der Waals surface area contributed by atoms with Gasteiger partial charge in [-0.1, -0.05) is 5.16 Å². The number of nitrogens with two attached hydrogens (primary N) is 1. The van der Waals surface area contributed by atoms with Crippen molar-refractivity contribution < 1.29 is 38.4 Å². The lowest BCUT2D eigenvalue weighted by atomic mass is 9.85. The Labute approximate surface area is 215 Å². The molecule has 3 rings (SSSR count). The van der Waals surface area contributed by atoms with Gasteiger partial charge in [-0.25, -0.2) is 14.2 Å². The van der Waals surface area contributed by atoms with Crippen molar-refractivity contribution in [3.63, 3.8) is 0 Å². The van der Waals surface area contributed by atoms with Crippen LogP contribution in [0.5, 0.6) is 5.75 Å². The van der Waals surface area contributed by atoms with Crippen LogP contribution in [0.2, 0.25) is 0 Å². The van der Waals surface area contributed by atoms with Gasteiger partial charge >= 0.3 is 7.75 Å². The van der Waals surface area contributed by atoms with Crippen molar-refractivity contribution in [1.29, 1.82) is 0 Å². The summed E-state index contributed by atoms with van der Waals surface area (Å²) in [5.74, 6) is -2.21. The number of thiazole rings is 1. The highest BCUT2D eigenvalue weighted by Crippen LogP contribution is 2.60. The summed E-state index contributed by atoms with van der Waals surface area (Å²) in [5, 5.41) is 27.1. The molecule has 1 aliphatic rings. The molecule has 1 fully saturated rings. The zero-order valence-electron chi connectivity index (χ0n) is 20.4. The standard InChI is InChI=1S/C20H27N6O9PS/c1-5-34-36(32,35-6-2)26-18(30)16(20(26,3)4)23-17(29)15(12-10-37-19(21)22-12)24-33-9-11-7-13(27)14(28)8-25(11)31/h7-8,10,16,28,31H,5-6,9H2,1-4H3,(H2,21,22)(H,23,29)/b24-15-/t16-/m1/s1. The van der Waals surface area contributed by atoms with Crippen LogP contribution in [0.4, 0.5) is 5.13 Å². The third-order valence-corrected chi connectivity index (χ3v) is 8.30. The number of rotatable bonds is 11. The predicted molar refractivity (Wildman–Crippen MR) is 131 cm³/mol. The summed E-state index contributed by atoms with van der Waals surface area (Å²) >= 11 is 1.03. The van der Waals surface area contributed by atoms with E-state index in [1.807, 2.05) is 0 Å². The van der Waals surface area contributed by atoms with E-state index < -0.39 is 48.9 Å². The first-order chi connectivity index (χ1) is 17.4. The van der Waals surface area contributed by atoms with E-state index in [0.29, 0.717) is 4.73 Å². The van der Waals surface area contributed by atoms with Crippen LogP contribution in [-0.4, -0.2) is 67.0 Å². The Morgan fingerprint density at radius 1 is 1.32 bits per heavy atom. The Hall–Kier alpha value is -3.46. The van der Waals surface area contributed by atoms with E-state index in [1.54, 1.807) is 27.7 Å². The van der Waals surface area contributed by atoms with E-state index in [2.05, 4.69) is 15.5 Å². The molecule has 0 bridgehead atoms. The number of carbonyl (C=O) groups excluding carboxylic acids is 2. The number of nitrogens with one attached hydrogen (secondary N) is 1. The van der Waals surface area contributed by atoms with Crippen LogP contribution in [-0.2, 0) is 34.6 Å². The number of oxime groups is 1. The van der Waals surface area contributed by atoms with Crippen molar-refractivity contribution in [1.82, 2.24) is 19.7 Å². The highest BCUT2D eigenvalue weighted by atomic mass is 32.1. The molecule has 3 heterocycles. The number of carbonyl (C=O) groups is 2. The van der Waals surface area contributed by atoms with Gasteiger partial charge in [-0.2, -0.15) is 4.73 Å². The summed E-state index contributed by atoms with van der Waals surface area (Å²) in [4.78, 5) is 46.9. The number of aromatic hydroxyl groups is 1. The Balaban J connectivity index is 1.83. The predicted octanol–water partition coefficient (Wildman–Crippen LogP) is 1.04. The maximum Gasteiger partial charge on any atom is 0.438 e. The molecule has 0 spiro atoms. The van der Waals surface area contributed by atoms with Gasteiger partial charge in [0, 0.05) is 11.4 Å². The quantitative estimate of drug-likeness (QED) is 0.101. The molecule has 1 saturated heterocycles. The molecule has 0 aliphatic carbocycles. The Morgan fingerprint density at radius 3 is 2.51 bits per heavy atom. The summed E-state index contributed by atoms with van der Waals surface area (Å²) in [7, 11) is -3.94. The van der Waals surface area contributed by atoms with E-state index >= 15 is 0 Å². The highest BCUT2D eigenvalue weighted by molar-refractivity contribution is 7.52. The molecule has 0 radical (unpaired) electrons. The largest absolute Gasteiger partial charge is 0.503 e. The van der Waals surface area contributed by atoms with Gasteiger partial charge in [0.05, 0.1) is 24.9 Å². The van der Waals surface area contributed by atoms with Crippen LogP contribution in [0.15, 0.2) is 27.6 Å². The van der Waals surface area contributed by atoms with E-state index in [9.17, 15) is 29.3 Å². The average Bonchev–Trinajstić information content (AvgIpc) is 3.24. The zero-order chi connectivity index (χ0) is 27.5. The van der Waals surface area contributed by atoms with Crippen LogP contribution in [0.1, 0.15) is 39.1 Å². The first kappa shape index (κ1) is 28.1. The lowest BCUT2D eigenvalue weighted by molar-refractivity contribution is -0.153. The lowest BCUT2D eigenvalue weighted by Crippen LogP contribution is -2.75. The summed E-state index contributed by atoms with van der Waals surface area (Å²) in [6.45, 7) is 6.01. The summed E-state index contributed by atoms with van der Waals surface area (Å²) < 4.78 is 25.2. The molecule has 0 aromatic carbocycles. The number of hydrogen-bond donors (Lipinski definition) is 4. The third kappa shape index (κ3) is 5.61. The minimum absolute atomic E-state index is 0.0380. The van der Waals surface area contributed by atoms with Crippen LogP contribution in [0.3, 0.4) is 0 Å². The van der Waals surface area contributed by atoms with E-state index in [1.165, 1.54) is 5.38 Å². The number of nitrogen functional groups attached to an aromatic ring is 1. The smallest absolute Gasteiger partial charge is 0.438 e. The molecule has 202 valence electrons. The molecule has 2 aromatic rings. The van der Waals surface area contributed by atoms with Gasteiger partial charge < -0.3 is 26.2 Å². The fourth-order valence-corrected chi connectivity index (χ4v) is 6.15. The summed E-state index contributed by atoms with van der Waals surface area (Å²) in [6.07, 6.45) is 0.777. The van der Waals surface area contributed by atoms with E-state index in [0.717, 1.165) is 28.3 Å². The zero-order valence-corrected chi connectivity index (χ0v) is 22.1. The molecule has 0 unspecified atom stereocenters. The second kappa shape index (κ2) is 10.9. The van der Waals surface area contributed by atoms with Crippen LogP contribution in [0.25, 0.3) is 0 Å². The van der Waals surface area contributed by atoms with Gasteiger partial charge in [0.2, 0.25) is 5.43 Å². The van der Waals surface area contributed by atoms with Gasteiger partial charge in [-0.3, -0.25) is 23.4 Å². The Bertz CT molecular complexity index is 1310. The first-order valence-electron chi connectivity index (χ1n) is 10.9. The molecule has 1 aliphatic heterocycles. The third-order valence-electron chi connectivity index (χ3n) is 5.25. The summed E-state index contributed by atoms with van der Waals surface area (Å²) in [5.41, 5.74) is 3.39. The van der Waals surface area contributed by atoms with Crippen molar-refractivity contribution in [2.75, 3.05) is 18.9 Å². The van der Waals surface area contributed by atoms with Crippen LogP contribution >= 0.6 is 19.1 Å². The normalized spacial score (nSPS) is 17.4. The van der Waals surface area contributed by atoms with Crippen LogP contribution in [0, 0.1) is 0 Å². The van der Waals surface area contributed by atoms with Crippen molar-refractivity contribution in [3.05, 3.63) is 39.3 Å². The SMILES string of the molecule is CCOP(=O)(OCC)N1C(=O)[C@@H](NC(=O)/C(=N\OCc2cc(=O)c(O)cn2O)c2csc(N)n2)C1(C)C. The van der Waals surface area contributed by atoms with Gasteiger partial charge in [0.25, 0.3) is 11.8 Å². The molecule has 17 heteroatoms. The van der Waals surface area contributed by atoms with Crippen LogP contribution < -0.4 is 16.5 Å². The average molecular weight is 559 g/mol. The molecule has 2 amide bonds. The Kier molecular flexibility index (Phi) is 8.27. The minimum Gasteiger partial charge on any atom is -0.503 e. The minimum atomic E-state index is -3.94. The maximum atomic E-state index is 13.2. The number of β-lactam (4-membered cyclic amide) rings is 1. The van der Waals surface area contributed by atoms with Crippen molar-refractivity contribution in [3.8, 4) is 5.75 Å². The van der Waals surface area contributed by atoms with E-state index in [4.69, 9.17) is 19.6 Å².